The van der Waals surface area contributed by atoms with Crippen molar-refractivity contribution in [3.05, 3.63) is 0 Å². The molecule has 14 heavy (non-hydrogen) atoms. The lowest BCUT2D eigenvalue weighted by Gasteiger charge is -2.29. The van der Waals surface area contributed by atoms with Gasteiger partial charge in [-0.15, -0.1) is 0 Å². The summed E-state index contributed by atoms with van der Waals surface area (Å²) in [6.45, 7) is 4.57. The van der Waals surface area contributed by atoms with Gasteiger partial charge in [0.05, 0.1) is 5.54 Å². The maximum atomic E-state index is 12.0. The highest BCUT2D eigenvalue weighted by atomic mass is 16.2. The van der Waals surface area contributed by atoms with Crippen LogP contribution >= 0.6 is 0 Å². The van der Waals surface area contributed by atoms with E-state index in [4.69, 9.17) is 0 Å². The number of amides is 1. The third-order valence-corrected chi connectivity index (χ3v) is 2.88. The minimum atomic E-state index is -0.317. The van der Waals surface area contributed by atoms with Crippen LogP contribution in [0.25, 0.3) is 0 Å². The lowest BCUT2D eigenvalue weighted by Crippen LogP contribution is -2.52. The van der Waals surface area contributed by atoms with Crippen LogP contribution < -0.4 is 10.6 Å². The molecule has 0 bridgehead atoms. The number of carbonyl (C=O) groups excluding carboxylic acids is 1. The number of rotatable bonds is 4. The first-order valence-corrected chi connectivity index (χ1v) is 5.25. The molecule has 0 aromatic rings. The summed E-state index contributed by atoms with van der Waals surface area (Å²) in [5.74, 6) is 0.213. The molecule has 1 saturated heterocycles. The van der Waals surface area contributed by atoms with E-state index in [1.165, 1.54) is 0 Å². The Labute approximate surface area is 86.0 Å². The predicted molar refractivity (Wildman–Crippen MR) is 57.2 cm³/mol. The molecule has 1 amide bonds. The second kappa shape index (κ2) is 4.75. The summed E-state index contributed by atoms with van der Waals surface area (Å²) in [6.07, 6.45) is 2.05. The first-order valence-electron chi connectivity index (χ1n) is 5.25. The number of hydrogen-bond acceptors (Lipinski definition) is 3. The molecule has 0 spiro atoms. The summed E-state index contributed by atoms with van der Waals surface area (Å²) in [5.41, 5.74) is -0.317. The van der Waals surface area contributed by atoms with Gasteiger partial charge >= 0.3 is 0 Å². The van der Waals surface area contributed by atoms with Crippen molar-refractivity contribution < 1.29 is 4.79 Å². The molecule has 1 aliphatic heterocycles. The summed E-state index contributed by atoms with van der Waals surface area (Å²) in [4.78, 5) is 13.8. The summed E-state index contributed by atoms with van der Waals surface area (Å²) in [7, 11) is 3.76. The number of nitrogens with zero attached hydrogens (tertiary/aromatic N) is 1. The van der Waals surface area contributed by atoms with E-state index in [-0.39, 0.29) is 11.4 Å². The first-order chi connectivity index (χ1) is 6.60. The van der Waals surface area contributed by atoms with E-state index in [1.54, 1.807) is 4.90 Å². The van der Waals surface area contributed by atoms with Gasteiger partial charge in [-0.2, -0.15) is 0 Å². The number of carbonyl (C=O) groups is 1. The monoisotopic (exact) mass is 199 g/mol. The van der Waals surface area contributed by atoms with Gasteiger partial charge in [0.25, 0.3) is 0 Å². The van der Waals surface area contributed by atoms with Gasteiger partial charge in [-0.1, -0.05) is 0 Å². The van der Waals surface area contributed by atoms with Gasteiger partial charge in [-0.3, -0.25) is 4.79 Å². The van der Waals surface area contributed by atoms with Crippen LogP contribution in [0.15, 0.2) is 0 Å². The van der Waals surface area contributed by atoms with Crippen molar-refractivity contribution in [2.24, 2.45) is 0 Å². The first kappa shape index (κ1) is 11.5. The zero-order valence-electron chi connectivity index (χ0n) is 9.39. The Hall–Kier alpha value is -0.610. The van der Waals surface area contributed by atoms with E-state index < -0.39 is 0 Å². The number of nitrogens with one attached hydrogen (secondary N) is 2. The summed E-state index contributed by atoms with van der Waals surface area (Å²) < 4.78 is 0. The van der Waals surface area contributed by atoms with Gasteiger partial charge in [0.15, 0.2) is 0 Å². The topological polar surface area (TPSA) is 44.4 Å². The van der Waals surface area contributed by atoms with Gasteiger partial charge in [0.1, 0.15) is 0 Å². The SMILES string of the molecule is CNCCN(C)C(=O)C1(C)CCCN1. The molecular formula is C10H21N3O. The van der Waals surface area contributed by atoms with Crippen LogP contribution in [0.4, 0.5) is 0 Å². The van der Waals surface area contributed by atoms with Gasteiger partial charge in [0.2, 0.25) is 5.91 Å². The average molecular weight is 199 g/mol. The van der Waals surface area contributed by atoms with Gasteiger partial charge < -0.3 is 15.5 Å². The molecule has 0 aromatic heterocycles. The minimum Gasteiger partial charge on any atom is -0.343 e. The molecule has 4 heteroatoms. The maximum Gasteiger partial charge on any atom is 0.242 e. The highest BCUT2D eigenvalue weighted by Gasteiger charge is 2.37. The molecular weight excluding hydrogens is 178 g/mol. The largest absolute Gasteiger partial charge is 0.343 e. The summed E-state index contributed by atoms with van der Waals surface area (Å²) in [5, 5.41) is 6.32. The van der Waals surface area contributed by atoms with Crippen molar-refractivity contribution in [2.75, 3.05) is 33.7 Å². The Morgan fingerprint density at radius 3 is 2.86 bits per heavy atom. The molecule has 0 radical (unpaired) electrons. The molecule has 4 nitrogen and oxygen atoms in total. The third-order valence-electron chi connectivity index (χ3n) is 2.88. The molecule has 1 heterocycles. The van der Waals surface area contributed by atoms with Crippen molar-refractivity contribution >= 4 is 5.91 Å². The van der Waals surface area contributed by atoms with E-state index >= 15 is 0 Å². The molecule has 1 aliphatic rings. The highest BCUT2D eigenvalue weighted by Crippen LogP contribution is 2.20. The fourth-order valence-electron chi connectivity index (χ4n) is 1.88. The van der Waals surface area contributed by atoms with E-state index in [9.17, 15) is 4.79 Å². The van der Waals surface area contributed by atoms with E-state index in [0.29, 0.717) is 0 Å². The second-order valence-electron chi connectivity index (χ2n) is 4.19. The lowest BCUT2D eigenvalue weighted by atomic mass is 9.99. The Morgan fingerprint density at radius 1 is 1.64 bits per heavy atom. The fourth-order valence-corrected chi connectivity index (χ4v) is 1.88. The Morgan fingerprint density at radius 2 is 2.36 bits per heavy atom. The fraction of sp³-hybridized carbons (Fsp3) is 0.900. The normalized spacial score (nSPS) is 26.5. The van der Waals surface area contributed by atoms with Crippen molar-refractivity contribution in [3.63, 3.8) is 0 Å². The molecule has 1 fully saturated rings. The lowest BCUT2D eigenvalue weighted by molar-refractivity contribution is -0.135. The van der Waals surface area contributed by atoms with Crippen molar-refractivity contribution in [3.8, 4) is 0 Å². The summed E-state index contributed by atoms with van der Waals surface area (Å²) >= 11 is 0. The van der Waals surface area contributed by atoms with Gasteiger partial charge in [0, 0.05) is 20.1 Å². The highest BCUT2D eigenvalue weighted by molar-refractivity contribution is 5.86. The molecule has 82 valence electrons. The van der Waals surface area contributed by atoms with Crippen molar-refractivity contribution in [1.29, 1.82) is 0 Å². The zero-order valence-corrected chi connectivity index (χ0v) is 9.39. The zero-order chi connectivity index (χ0) is 10.6. The molecule has 1 rings (SSSR count). The van der Waals surface area contributed by atoms with Crippen LogP contribution in [-0.4, -0.2) is 50.1 Å². The van der Waals surface area contributed by atoms with E-state index in [0.717, 1.165) is 32.5 Å². The average Bonchev–Trinajstić information content (AvgIpc) is 2.61. The van der Waals surface area contributed by atoms with Crippen LogP contribution in [0.2, 0.25) is 0 Å². The summed E-state index contributed by atoms with van der Waals surface area (Å²) in [6, 6.07) is 0. The second-order valence-corrected chi connectivity index (χ2v) is 4.19. The van der Waals surface area contributed by atoms with Crippen LogP contribution in [0.3, 0.4) is 0 Å². The van der Waals surface area contributed by atoms with Crippen molar-refractivity contribution in [2.45, 2.75) is 25.3 Å². The minimum absolute atomic E-state index is 0.213. The molecule has 0 aliphatic carbocycles. The molecule has 0 aromatic carbocycles. The Kier molecular flexibility index (Phi) is 3.89. The molecule has 2 N–H and O–H groups in total. The Bertz CT molecular complexity index is 200. The maximum absolute atomic E-state index is 12.0. The van der Waals surface area contributed by atoms with Crippen LogP contribution in [0.1, 0.15) is 19.8 Å². The predicted octanol–water partition coefficient (Wildman–Crippen LogP) is -0.194. The molecule has 1 unspecified atom stereocenters. The third kappa shape index (κ3) is 2.45. The standard InChI is InChI=1S/C10H21N3O/c1-10(5-4-6-12-10)9(14)13(3)8-7-11-2/h11-12H,4-8H2,1-3H3. The number of hydrogen-bond donors (Lipinski definition) is 2. The Balaban J connectivity index is 2.46. The van der Waals surface area contributed by atoms with E-state index in [2.05, 4.69) is 10.6 Å². The van der Waals surface area contributed by atoms with Crippen LogP contribution in [0, 0.1) is 0 Å². The van der Waals surface area contributed by atoms with Gasteiger partial charge in [-0.25, -0.2) is 0 Å². The smallest absolute Gasteiger partial charge is 0.242 e. The molecule has 1 atom stereocenters. The quantitative estimate of drug-likeness (QED) is 0.659. The van der Waals surface area contributed by atoms with E-state index in [1.807, 2.05) is 21.0 Å². The van der Waals surface area contributed by atoms with Crippen LogP contribution in [0.5, 0.6) is 0 Å². The van der Waals surface area contributed by atoms with Crippen molar-refractivity contribution in [1.82, 2.24) is 15.5 Å². The number of likely N-dealkylation sites (N-methyl/N-ethyl adjacent to an activating group) is 2. The van der Waals surface area contributed by atoms with Gasteiger partial charge in [-0.05, 0) is 33.4 Å². The molecule has 0 saturated carbocycles. The van der Waals surface area contributed by atoms with Crippen LogP contribution in [-0.2, 0) is 4.79 Å².